The Labute approximate surface area is 239 Å². The summed E-state index contributed by atoms with van der Waals surface area (Å²) >= 11 is 0. The Morgan fingerprint density at radius 1 is 0.902 bits per heavy atom. The zero-order valence-corrected chi connectivity index (χ0v) is 22.7. The second kappa shape index (κ2) is 12.8. The smallest absolute Gasteiger partial charge is 0.343 e. The van der Waals surface area contributed by atoms with E-state index in [-0.39, 0.29) is 5.88 Å². The molecule has 1 atom stereocenters. The lowest BCUT2D eigenvalue weighted by Gasteiger charge is -2.27. The summed E-state index contributed by atoms with van der Waals surface area (Å²) in [5, 5.41) is 9.94. The zero-order valence-electron chi connectivity index (χ0n) is 22.7. The number of nitrogens with zero attached hydrogens (tertiary/aromatic N) is 1. The van der Waals surface area contributed by atoms with E-state index in [2.05, 4.69) is 13.0 Å². The van der Waals surface area contributed by atoms with Crippen LogP contribution in [0, 0.1) is 11.3 Å². The molecule has 0 fully saturated rings. The van der Waals surface area contributed by atoms with Gasteiger partial charge in [-0.3, -0.25) is 0 Å². The molecule has 41 heavy (non-hydrogen) atoms. The first-order valence-electron chi connectivity index (χ1n) is 13.5. The number of fused-ring (bicyclic) bond motifs is 1. The quantitative estimate of drug-likeness (QED) is 0.131. The van der Waals surface area contributed by atoms with Gasteiger partial charge in [0.15, 0.2) is 0 Å². The zero-order chi connectivity index (χ0) is 28.6. The first-order valence-corrected chi connectivity index (χ1v) is 13.5. The topological polar surface area (TPSA) is 104 Å². The molecule has 0 aliphatic carbocycles. The summed E-state index contributed by atoms with van der Waals surface area (Å²) in [4.78, 5) is 12.8. The molecule has 206 valence electrons. The van der Waals surface area contributed by atoms with Crippen LogP contribution in [-0.4, -0.2) is 12.6 Å². The van der Waals surface area contributed by atoms with Crippen molar-refractivity contribution in [1.29, 1.82) is 5.26 Å². The number of allylic oxidation sites excluding steroid dienone is 1. The molecule has 0 bridgehead atoms. The number of ether oxygens (including phenoxy) is 4. The number of hydrogen-bond donors (Lipinski definition) is 1. The minimum atomic E-state index is -0.512. The van der Waals surface area contributed by atoms with E-state index in [4.69, 9.17) is 24.7 Å². The predicted molar refractivity (Wildman–Crippen MR) is 155 cm³/mol. The third-order valence-corrected chi connectivity index (χ3v) is 6.70. The van der Waals surface area contributed by atoms with Gasteiger partial charge in [0.25, 0.3) is 0 Å². The van der Waals surface area contributed by atoms with Crippen LogP contribution in [0.2, 0.25) is 0 Å². The van der Waals surface area contributed by atoms with E-state index in [9.17, 15) is 10.1 Å². The lowest BCUT2D eigenvalue weighted by Crippen LogP contribution is -2.21. The number of nitrogens with two attached hydrogens (primary N) is 1. The van der Waals surface area contributed by atoms with Gasteiger partial charge in [-0.2, -0.15) is 5.26 Å². The van der Waals surface area contributed by atoms with Crippen LogP contribution >= 0.6 is 0 Å². The van der Waals surface area contributed by atoms with Gasteiger partial charge in [0.05, 0.1) is 18.1 Å². The van der Waals surface area contributed by atoms with Crippen LogP contribution in [0.4, 0.5) is 0 Å². The largest absolute Gasteiger partial charge is 0.494 e. The number of rotatable bonds is 10. The average Bonchev–Trinajstić information content (AvgIpc) is 3.00. The molecule has 2 N–H and O–H groups in total. The van der Waals surface area contributed by atoms with Gasteiger partial charge in [-0.1, -0.05) is 61.9 Å². The molecule has 7 nitrogen and oxygen atoms in total. The highest BCUT2D eigenvalue weighted by atomic mass is 16.5. The van der Waals surface area contributed by atoms with E-state index in [0.717, 1.165) is 29.5 Å². The fraction of sp³-hybridized carbons (Fsp3) is 0.176. The molecule has 1 heterocycles. The van der Waals surface area contributed by atoms with Crippen LogP contribution in [0.3, 0.4) is 0 Å². The van der Waals surface area contributed by atoms with Crippen molar-refractivity contribution >= 4 is 5.97 Å². The minimum Gasteiger partial charge on any atom is -0.494 e. The number of carbonyl (C=O) groups is 1. The van der Waals surface area contributed by atoms with Crippen molar-refractivity contribution < 1.29 is 23.7 Å². The highest BCUT2D eigenvalue weighted by molar-refractivity contribution is 5.91. The summed E-state index contributed by atoms with van der Waals surface area (Å²) in [5.41, 5.74) is 9.48. The SMILES string of the molecule is CCCCOc1ccc(C(=O)Oc2ccc3c(c2)OC(N)=C(C#N)C3c2cccc(OCc3ccccc3)c2)cc1. The van der Waals surface area contributed by atoms with Crippen molar-refractivity contribution in [3.8, 4) is 29.1 Å². The van der Waals surface area contributed by atoms with Gasteiger partial charge in [-0.15, -0.1) is 0 Å². The number of carbonyl (C=O) groups excluding carboxylic acids is 1. The molecule has 4 aromatic carbocycles. The van der Waals surface area contributed by atoms with Crippen molar-refractivity contribution in [2.75, 3.05) is 6.61 Å². The summed E-state index contributed by atoms with van der Waals surface area (Å²) in [5.74, 6) is 1.09. The maximum absolute atomic E-state index is 12.8. The number of nitriles is 1. The van der Waals surface area contributed by atoms with Crippen molar-refractivity contribution in [1.82, 2.24) is 0 Å². The summed E-state index contributed by atoms with van der Waals surface area (Å²) in [6, 6.07) is 31.6. The lowest BCUT2D eigenvalue weighted by molar-refractivity contribution is 0.0734. The van der Waals surface area contributed by atoms with Gasteiger partial charge in [0.1, 0.15) is 41.2 Å². The number of esters is 1. The molecule has 1 unspecified atom stereocenters. The molecule has 0 saturated carbocycles. The Bertz CT molecular complexity index is 1590. The maximum atomic E-state index is 12.8. The van der Waals surface area contributed by atoms with Crippen molar-refractivity contribution in [2.24, 2.45) is 5.73 Å². The van der Waals surface area contributed by atoms with Crippen LogP contribution in [0.1, 0.15) is 52.7 Å². The lowest BCUT2D eigenvalue weighted by atomic mass is 9.83. The van der Waals surface area contributed by atoms with Crippen LogP contribution in [-0.2, 0) is 6.61 Å². The minimum absolute atomic E-state index is 0.00254. The Morgan fingerprint density at radius 3 is 2.44 bits per heavy atom. The summed E-state index contributed by atoms with van der Waals surface area (Å²) in [7, 11) is 0. The predicted octanol–water partition coefficient (Wildman–Crippen LogP) is 6.88. The molecule has 0 amide bonds. The Hall–Kier alpha value is -5.22. The first-order chi connectivity index (χ1) is 20.1. The highest BCUT2D eigenvalue weighted by Gasteiger charge is 2.31. The van der Waals surface area contributed by atoms with Crippen LogP contribution in [0.5, 0.6) is 23.0 Å². The molecule has 0 radical (unpaired) electrons. The van der Waals surface area contributed by atoms with E-state index in [1.807, 2.05) is 54.6 Å². The average molecular weight is 547 g/mol. The maximum Gasteiger partial charge on any atom is 0.343 e. The second-order valence-electron chi connectivity index (χ2n) is 9.59. The second-order valence-corrected chi connectivity index (χ2v) is 9.59. The van der Waals surface area contributed by atoms with Crippen LogP contribution < -0.4 is 24.7 Å². The molecule has 5 rings (SSSR count). The van der Waals surface area contributed by atoms with Gasteiger partial charge < -0.3 is 24.7 Å². The molecule has 0 saturated heterocycles. The van der Waals surface area contributed by atoms with E-state index in [1.54, 1.807) is 42.5 Å². The van der Waals surface area contributed by atoms with E-state index in [1.165, 1.54) is 0 Å². The van der Waals surface area contributed by atoms with Gasteiger partial charge >= 0.3 is 5.97 Å². The van der Waals surface area contributed by atoms with Gasteiger partial charge in [-0.25, -0.2) is 4.79 Å². The molecule has 1 aliphatic heterocycles. The molecule has 0 spiro atoms. The number of benzene rings is 4. The Morgan fingerprint density at radius 2 is 1.68 bits per heavy atom. The van der Waals surface area contributed by atoms with Gasteiger partial charge in [0, 0.05) is 11.6 Å². The monoisotopic (exact) mass is 546 g/mol. The fourth-order valence-electron chi connectivity index (χ4n) is 4.55. The molecular weight excluding hydrogens is 516 g/mol. The molecule has 1 aliphatic rings. The van der Waals surface area contributed by atoms with Gasteiger partial charge in [0.2, 0.25) is 5.88 Å². The fourth-order valence-corrected chi connectivity index (χ4v) is 4.55. The van der Waals surface area contributed by atoms with Crippen molar-refractivity contribution in [3.05, 3.63) is 131 Å². The van der Waals surface area contributed by atoms with Crippen LogP contribution in [0.25, 0.3) is 0 Å². The normalized spacial score (nSPS) is 13.9. The summed E-state index contributed by atoms with van der Waals surface area (Å²) < 4.78 is 23.1. The highest BCUT2D eigenvalue weighted by Crippen LogP contribution is 2.44. The summed E-state index contributed by atoms with van der Waals surface area (Å²) in [6.45, 7) is 3.15. The van der Waals surface area contributed by atoms with E-state index >= 15 is 0 Å². The molecular formula is C34H30N2O5. The van der Waals surface area contributed by atoms with Gasteiger partial charge in [-0.05, 0) is 60.0 Å². The van der Waals surface area contributed by atoms with E-state index in [0.29, 0.717) is 47.3 Å². The first kappa shape index (κ1) is 27.4. The third-order valence-electron chi connectivity index (χ3n) is 6.70. The van der Waals surface area contributed by atoms with Crippen molar-refractivity contribution in [2.45, 2.75) is 32.3 Å². The summed E-state index contributed by atoms with van der Waals surface area (Å²) in [6.07, 6.45) is 2.01. The third kappa shape index (κ3) is 6.51. The number of unbranched alkanes of at least 4 members (excludes halogenated alkanes) is 1. The van der Waals surface area contributed by atoms with E-state index < -0.39 is 11.9 Å². The van der Waals surface area contributed by atoms with Crippen LogP contribution in [0.15, 0.2) is 109 Å². The molecule has 4 aromatic rings. The van der Waals surface area contributed by atoms with Crippen molar-refractivity contribution in [3.63, 3.8) is 0 Å². The Balaban J connectivity index is 1.34. The number of hydrogen-bond acceptors (Lipinski definition) is 7. The molecule has 0 aromatic heterocycles. The Kier molecular flexibility index (Phi) is 8.51. The standard InChI is InChI=1S/C34H30N2O5/c1-2-3-18-38-26-14-12-24(13-15-26)34(37)40-28-16-17-29-31(20-28)41-33(36)30(21-35)32(29)25-10-7-11-27(19-25)39-22-23-8-5-4-6-9-23/h4-17,19-20,32H,2-3,18,22,36H2,1H3. The molecule has 7 heteroatoms.